The molecule has 1 rings (SSSR count). The number of oxazole rings is 1. The number of nitrogens with zero attached hydrogens (tertiary/aromatic N) is 1. The van der Waals surface area contributed by atoms with Crippen LogP contribution in [0.3, 0.4) is 0 Å². The Kier molecular flexibility index (Phi) is 5.16. The van der Waals surface area contributed by atoms with E-state index in [0.717, 1.165) is 0 Å². The zero-order valence-electron chi connectivity index (χ0n) is 9.39. The molecule has 14 heavy (non-hydrogen) atoms. The predicted octanol–water partition coefficient (Wildman–Crippen LogP) is 3.14. The van der Waals surface area contributed by atoms with Gasteiger partial charge in [0.2, 0.25) is 5.89 Å². The molecule has 0 radical (unpaired) electrons. The molecule has 0 unspecified atom stereocenters. The molecule has 1 aromatic heterocycles. The third-order valence-corrected chi connectivity index (χ3v) is 1.79. The molecule has 0 amide bonds. The average molecular weight is 220 g/mol. The first kappa shape index (κ1) is 13.5. The third-order valence-electron chi connectivity index (χ3n) is 1.49. The fourth-order valence-electron chi connectivity index (χ4n) is 0.813. The van der Waals surface area contributed by atoms with E-state index in [2.05, 4.69) is 4.98 Å². The van der Waals surface area contributed by atoms with Gasteiger partial charge in [-0.3, -0.25) is 0 Å². The summed E-state index contributed by atoms with van der Waals surface area (Å²) >= 11 is 5.74. The van der Waals surface area contributed by atoms with Gasteiger partial charge >= 0.3 is 0 Å². The molecular formula is C10H18ClNO2. The third kappa shape index (κ3) is 3.31. The fourth-order valence-corrected chi connectivity index (χ4v) is 1.06. The van der Waals surface area contributed by atoms with Crippen molar-refractivity contribution in [2.24, 2.45) is 0 Å². The summed E-state index contributed by atoms with van der Waals surface area (Å²) in [5.41, 5.74) is -1.06. The van der Waals surface area contributed by atoms with Crippen LogP contribution in [0.25, 0.3) is 0 Å². The maximum atomic E-state index is 9.51. The van der Waals surface area contributed by atoms with Crippen LogP contribution in [0.1, 0.15) is 46.3 Å². The van der Waals surface area contributed by atoms with Crippen LogP contribution in [0.5, 0.6) is 0 Å². The van der Waals surface area contributed by atoms with E-state index in [1.54, 1.807) is 13.8 Å². The monoisotopic (exact) mass is 219 g/mol. The maximum Gasteiger partial charge on any atom is 0.227 e. The minimum atomic E-state index is -1.06. The van der Waals surface area contributed by atoms with E-state index in [1.807, 2.05) is 20.8 Å². The molecule has 82 valence electrons. The molecule has 0 atom stereocenters. The van der Waals surface area contributed by atoms with E-state index in [0.29, 0.717) is 17.3 Å². The Labute approximate surface area is 90.1 Å². The minimum Gasteiger partial charge on any atom is -0.441 e. The second kappa shape index (κ2) is 5.37. The molecule has 0 aliphatic rings. The van der Waals surface area contributed by atoms with E-state index in [1.165, 1.54) is 0 Å². The van der Waals surface area contributed by atoms with Gasteiger partial charge in [-0.25, -0.2) is 0 Å². The molecule has 0 bridgehead atoms. The van der Waals surface area contributed by atoms with Gasteiger partial charge in [-0.15, -0.1) is 0 Å². The first-order valence-electron chi connectivity index (χ1n) is 4.83. The molecular weight excluding hydrogens is 202 g/mol. The van der Waals surface area contributed by atoms with Crippen molar-refractivity contribution in [2.45, 2.75) is 46.6 Å². The van der Waals surface area contributed by atoms with E-state index in [-0.39, 0.29) is 5.89 Å². The van der Waals surface area contributed by atoms with E-state index < -0.39 is 5.60 Å². The van der Waals surface area contributed by atoms with Crippen LogP contribution in [0, 0.1) is 0 Å². The van der Waals surface area contributed by atoms with E-state index in [4.69, 9.17) is 16.0 Å². The number of hydrogen-bond donors (Lipinski definition) is 1. The number of aromatic nitrogens is 1. The van der Waals surface area contributed by atoms with Gasteiger partial charge in [-0.1, -0.05) is 32.4 Å². The highest BCUT2D eigenvalue weighted by molar-refractivity contribution is 6.30. The smallest absolute Gasteiger partial charge is 0.227 e. The van der Waals surface area contributed by atoms with Crippen molar-refractivity contribution in [3.63, 3.8) is 0 Å². The van der Waals surface area contributed by atoms with Crippen molar-refractivity contribution < 1.29 is 9.52 Å². The summed E-state index contributed by atoms with van der Waals surface area (Å²) in [6.07, 6.45) is 0.682. The second-order valence-electron chi connectivity index (χ2n) is 3.15. The Morgan fingerprint density at radius 2 is 1.93 bits per heavy atom. The molecule has 0 aliphatic heterocycles. The topological polar surface area (TPSA) is 46.3 Å². The lowest BCUT2D eigenvalue weighted by Gasteiger charge is -2.10. The fraction of sp³-hybridized carbons (Fsp3) is 0.700. The summed E-state index contributed by atoms with van der Waals surface area (Å²) in [5, 5.41) is 9.85. The molecule has 0 aliphatic carbocycles. The molecule has 1 heterocycles. The van der Waals surface area contributed by atoms with Gasteiger partial charge in [0.15, 0.2) is 5.15 Å². The predicted molar refractivity (Wildman–Crippen MR) is 57.5 cm³/mol. The van der Waals surface area contributed by atoms with Gasteiger partial charge in [-0.05, 0) is 13.8 Å². The Hall–Kier alpha value is -0.540. The van der Waals surface area contributed by atoms with Crippen LogP contribution in [0.4, 0.5) is 0 Å². The van der Waals surface area contributed by atoms with E-state index in [9.17, 15) is 5.11 Å². The quantitative estimate of drug-likeness (QED) is 0.831. The lowest BCUT2D eigenvalue weighted by molar-refractivity contribution is 0.0472. The van der Waals surface area contributed by atoms with Crippen molar-refractivity contribution >= 4 is 11.6 Å². The largest absolute Gasteiger partial charge is 0.441 e. The number of halogens is 1. The van der Waals surface area contributed by atoms with Gasteiger partial charge < -0.3 is 9.52 Å². The van der Waals surface area contributed by atoms with Crippen molar-refractivity contribution in [1.29, 1.82) is 0 Å². The van der Waals surface area contributed by atoms with Crippen LogP contribution in [0.2, 0.25) is 5.15 Å². The molecule has 0 aromatic carbocycles. The Bertz CT molecular complexity index is 276. The van der Waals surface area contributed by atoms with Crippen LogP contribution < -0.4 is 0 Å². The molecule has 0 saturated heterocycles. The van der Waals surface area contributed by atoms with Crippen molar-refractivity contribution in [1.82, 2.24) is 4.98 Å². The number of rotatable bonds is 2. The highest BCUT2D eigenvalue weighted by Crippen LogP contribution is 2.24. The Balaban J connectivity index is 0.000000791. The molecule has 1 N–H and O–H groups in total. The average Bonchev–Trinajstić information content (AvgIpc) is 2.49. The van der Waals surface area contributed by atoms with Gasteiger partial charge in [0.25, 0.3) is 0 Å². The maximum absolute atomic E-state index is 9.51. The summed E-state index contributed by atoms with van der Waals surface area (Å²) in [6, 6.07) is 0. The summed E-state index contributed by atoms with van der Waals surface area (Å²) in [7, 11) is 0. The molecule has 3 nitrogen and oxygen atoms in total. The molecule has 0 spiro atoms. The van der Waals surface area contributed by atoms with Crippen LogP contribution in [-0.2, 0) is 12.0 Å². The number of hydrogen-bond acceptors (Lipinski definition) is 3. The molecule has 1 aromatic rings. The standard InChI is InChI=1S/C8H12ClNO2.C2H6/c1-4-5-6(9)10-7(12-5)8(2,3)11;1-2/h11H,4H2,1-3H3;1-2H3. The Morgan fingerprint density at radius 1 is 1.43 bits per heavy atom. The highest BCUT2D eigenvalue weighted by Gasteiger charge is 2.24. The summed E-state index contributed by atoms with van der Waals surface area (Å²) in [4.78, 5) is 3.90. The first-order chi connectivity index (χ1) is 6.45. The van der Waals surface area contributed by atoms with Gasteiger partial charge in [0, 0.05) is 6.42 Å². The summed E-state index contributed by atoms with van der Waals surface area (Å²) in [6.45, 7) is 9.13. The van der Waals surface area contributed by atoms with E-state index >= 15 is 0 Å². The Morgan fingerprint density at radius 3 is 2.14 bits per heavy atom. The molecule has 4 heteroatoms. The zero-order valence-corrected chi connectivity index (χ0v) is 10.1. The normalized spacial score (nSPS) is 10.8. The highest BCUT2D eigenvalue weighted by atomic mass is 35.5. The zero-order chi connectivity index (χ0) is 11.4. The summed E-state index contributed by atoms with van der Waals surface area (Å²) < 4.78 is 5.23. The lowest BCUT2D eigenvalue weighted by atomic mass is 10.1. The number of aryl methyl sites for hydroxylation is 1. The summed E-state index contributed by atoms with van der Waals surface area (Å²) in [5.74, 6) is 0.887. The first-order valence-corrected chi connectivity index (χ1v) is 5.21. The molecule has 0 fully saturated rings. The SMILES string of the molecule is CC.CCc1oc(C(C)(C)O)nc1Cl. The van der Waals surface area contributed by atoms with Crippen molar-refractivity contribution in [3.05, 3.63) is 16.8 Å². The molecule has 0 saturated carbocycles. The number of aliphatic hydroxyl groups is 1. The van der Waals surface area contributed by atoms with Crippen LogP contribution in [-0.4, -0.2) is 10.1 Å². The van der Waals surface area contributed by atoms with Crippen molar-refractivity contribution in [3.8, 4) is 0 Å². The van der Waals surface area contributed by atoms with Gasteiger partial charge in [0.1, 0.15) is 11.4 Å². The van der Waals surface area contributed by atoms with Crippen molar-refractivity contribution in [2.75, 3.05) is 0 Å². The van der Waals surface area contributed by atoms with Gasteiger partial charge in [0.05, 0.1) is 0 Å². The second-order valence-corrected chi connectivity index (χ2v) is 3.50. The van der Waals surface area contributed by atoms with Crippen LogP contribution in [0.15, 0.2) is 4.42 Å². The minimum absolute atomic E-state index is 0.268. The van der Waals surface area contributed by atoms with Gasteiger partial charge in [-0.2, -0.15) is 4.98 Å². The van der Waals surface area contributed by atoms with Crippen LogP contribution >= 0.6 is 11.6 Å². The lowest BCUT2D eigenvalue weighted by Crippen LogP contribution is -2.15.